The van der Waals surface area contributed by atoms with Gasteiger partial charge in [-0.25, -0.2) is 10.8 Å². The monoisotopic (exact) mass is 200 g/mol. The number of anilines is 1. The number of nitrogens with one attached hydrogen (secondary N) is 1. The van der Waals surface area contributed by atoms with Crippen LogP contribution in [0, 0.1) is 0 Å². The van der Waals surface area contributed by atoms with Crippen LogP contribution in [-0.4, -0.2) is 9.97 Å². The van der Waals surface area contributed by atoms with Crippen LogP contribution in [0.15, 0.2) is 11.4 Å². The number of rotatable bonds is 1. The van der Waals surface area contributed by atoms with Gasteiger partial charge < -0.3 is 5.43 Å². The standard InChI is InChI=1S/C6H5ClN4S/c7-6-9-4(11-8)3-1-2-12-5(3)10-6/h1-2H,8H2,(H,9,10,11). The Bertz CT molecular complexity index is 413. The summed E-state index contributed by atoms with van der Waals surface area (Å²) in [5.74, 6) is 5.81. The Hall–Kier alpha value is -0.910. The molecule has 0 atom stereocenters. The Morgan fingerprint density at radius 1 is 1.50 bits per heavy atom. The van der Waals surface area contributed by atoms with E-state index in [1.54, 1.807) is 0 Å². The van der Waals surface area contributed by atoms with Crippen molar-refractivity contribution in [1.82, 2.24) is 9.97 Å². The molecule has 0 aliphatic carbocycles. The van der Waals surface area contributed by atoms with Crippen molar-refractivity contribution in [3.63, 3.8) is 0 Å². The van der Waals surface area contributed by atoms with E-state index >= 15 is 0 Å². The van der Waals surface area contributed by atoms with Crippen LogP contribution in [-0.2, 0) is 0 Å². The van der Waals surface area contributed by atoms with Crippen molar-refractivity contribution in [3.8, 4) is 0 Å². The number of hydrogen-bond acceptors (Lipinski definition) is 5. The minimum Gasteiger partial charge on any atom is -0.308 e. The van der Waals surface area contributed by atoms with Crippen LogP contribution in [0.25, 0.3) is 10.2 Å². The molecule has 0 spiro atoms. The summed E-state index contributed by atoms with van der Waals surface area (Å²) in [4.78, 5) is 8.77. The van der Waals surface area contributed by atoms with E-state index in [9.17, 15) is 0 Å². The summed E-state index contributed by atoms with van der Waals surface area (Å²) in [6.07, 6.45) is 0. The van der Waals surface area contributed by atoms with Gasteiger partial charge in [-0.2, -0.15) is 4.98 Å². The van der Waals surface area contributed by atoms with E-state index in [1.165, 1.54) is 11.3 Å². The topological polar surface area (TPSA) is 63.8 Å². The highest BCUT2D eigenvalue weighted by Crippen LogP contribution is 2.25. The van der Waals surface area contributed by atoms with Gasteiger partial charge in [0.1, 0.15) is 4.83 Å². The summed E-state index contributed by atoms with van der Waals surface area (Å²) in [6.45, 7) is 0. The number of nitrogens with two attached hydrogens (primary N) is 1. The summed E-state index contributed by atoms with van der Waals surface area (Å²) in [5.41, 5.74) is 2.47. The molecule has 62 valence electrons. The zero-order valence-corrected chi connectivity index (χ0v) is 7.49. The quantitative estimate of drug-likeness (QED) is 0.417. The molecule has 0 aliphatic rings. The molecule has 3 N–H and O–H groups in total. The number of hydrazine groups is 1. The lowest BCUT2D eigenvalue weighted by Crippen LogP contribution is -2.09. The molecule has 2 aromatic rings. The molecule has 0 amide bonds. The first-order chi connectivity index (χ1) is 5.81. The van der Waals surface area contributed by atoms with Gasteiger partial charge in [0.25, 0.3) is 0 Å². The lowest BCUT2D eigenvalue weighted by atomic mass is 10.4. The fourth-order valence-electron chi connectivity index (χ4n) is 0.939. The predicted octanol–water partition coefficient (Wildman–Crippen LogP) is 1.63. The van der Waals surface area contributed by atoms with Crippen molar-refractivity contribution >= 4 is 39.0 Å². The predicted molar refractivity (Wildman–Crippen MR) is 50.2 cm³/mol. The number of halogens is 1. The van der Waals surface area contributed by atoms with Crippen LogP contribution in [0.1, 0.15) is 0 Å². The second-order valence-electron chi connectivity index (χ2n) is 2.13. The van der Waals surface area contributed by atoms with Gasteiger partial charge >= 0.3 is 0 Å². The highest BCUT2D eigenvalue weighted by atomic mass is 35.5. The maximum Gasteiger partial charge on any atom is 0.225 e. The molecular weight excluding hydrogens is 196 g/mol. The molecule has 12 heavy (non-hydrogen) atoms. The number of aromatic nitrogens is 2. The van der Waals surface area contributed by atoms with Gasteiger partial charge in [-0.15, -0.1) is 11.3 Å². The van der Waals surface area contributed by atoms with Crippen LogP contribution in [0.4, 0.5) is 5.82 Å². The lowest BCUT2D eigenvalue weighted by molar-refractivity contribution is 1.19. The lowest BCUT2D eigenvalue weighted by Gasteiger charge is -1.99. The Balaban J connectivity index is 2.80. The minimum atomic E-state index is 0.206. The van der Waals surface area contributed by atoms with E-state index in [4.69, 9.17) is 17.4 Å². The minimum absolute atomic E-state index is 0.206. The highest BCUT2D eigenvalue weighted by Gasteiger charge is 2.05. The van der Waals surface area contributed by atoms with E-state index in [-0.39, 0.29) is 5.28 Å². The van der Waals surface area contributed by atoms with Gasteiger partial charge in [-0.1, -0.05) is 0 Å². The molecule has 4 nitrogen and oxygen atoms in total. The van der Waals surface area contributed by atoms with Gasteiger partial charge in [0.2, 0.25) is 5.28 Å². The van der Waals surface area contributed by atoms with Crippen LogP contribution in [0.3, 0.4) is 0 Å². The number of nitrogen functional groups attached to an aromatic ring is 1. The van der Waals surface area contributed by atoms with E-state index < -0.39 is 0 Å². The van der Waals surface area contributed by atoms with Crippen LogP contribution < -0.4 is 11.3 Å². The van der Waals surface area contributed by atoms with Crippen LogP contribution in [0.2, 0.25) is 5.28 Å². The molecule has 0 aromatic carbocycles. The van der Waals surface area contributed by atoms with E-state index in [0.29, 0.717) is 5.82 Å². The van der Waals surface area contributed by atoms with Crippen molar-refractivity contribution in [2.45, 2.75) is 0 Å². The Morgan fingerprint density at radius 2 is 2.33 bits per heavy atom. The number of hydrogen-bond donors (Lipinski definition) is 2. The third-order valence-corrected chi connectivity index (χ3v) is 2.41. The molecule has 0 radical (unpaired) electrons. The molecule has 2 rings (SSSR count). The maximum atomic E-state index is 5.65. The number of nitrogens with zero attached hydrogens (tertiary/aromatic N) is 2. The molecule has 0 saturated carbocycles. The summed E-state index contributed by atoms with van der Waals surface area (Å²) >= 11 is 7.15. The zero-order valence-electron chi connectivity index (χ0n) is 5.91. The molecule has 0 aliphatic heterocycles. The molecule has 2 heterocycles. The average molecular weight is 201 g/mol. The number of thiophene rings is 1. The Morgan fingerprint density at radius 3 is 3.08 bits per heavy atom. The van der Waals surface area contributed by atoms with Crippen molar-refractivity contribution in [3.05, 3.63) is 16.7 Å². The van der Waals surface area contributed by atoms with E-state index in [0.717, 1.165) is 10.2 Å². The molecule has 0 fully saturated rings. The number of fused-ring (bicyclic) bond motifs is 1. The van der Waals surface area contributed by atoms with Crippen molar-refractivity contribution in [2.75, 3.05) is 5.43 Å². The average Bonchev–Trinajstić information content (AvgIpc) is 2.50. The van der Waals surface area contributed by atoms with Crippen molar-refractivity contribution < 1.29 is 0 Å². The van der Waals surface area contributed by atoms with Gasteiger partial charge in [-0.3, -0.25) is 0 Å². The van der Waals surface area contributed by atoms with Gasteiger partial charge in [0.05, 0.1) is 5.39 Å². The molecule has 6 heteroatoms. The van der Waals surface area contributed by atoms with Gasteiger partial charge in [-0.05, 0) is 23.0 Å². The van der Waals surface area contributed by atoms with Crippen molar-refractivity contribution in [2.24, 2.45) is 5.84 Å². The molecule has 0 saturated heterocycles. The second-order valence-corrected chi connectivity index (χ2v) is 3.36. The van der Waals surface area contributed by atoms with Crippen LogP contribution >= 0.6 is 22.9 Å². The zero-order chi connectivity index (χ0) is 8.55. The Labute approximate surface area is 77.4 Å². The summed E-state index contributed by atoms with van der Waals surface area (Å²) in [6, 6.07) is 1.89. The highest BCUT2D eigenvalue weighted by molar-refractivity contribution is 7.16. The fraction of sp³-hybridized carbons (Fsp3) is 0. The Kier molecular flexibility index (Phi) is 1.84. The largest absolute Gasteiger partial charge is 0.308 e. The fourth-order valence-corrected chi connectivity index (χ4v) is 1.92. The summed E-state index contributed by atoms with van der Waals surface area (Å²) < 4.78 is 0. The molecule has 0 unspecified atom stereocenters. The third kappa shape index (κ3) is 1.12. The van der Waals surface area contributed by atoms with E-state index in [2.05, 4.69) is 15.4 Å². The first-order valence-corrected chi connectivity index (χ1v) is 4.44. The van der Waals surface area contributed by atoms with E-state index in [1.807, 2.05) is 11.4 Å². The first-order valence-electron chi connectivity index (χ1n) is 3.18. The SMILES string of the molecule is NNc1nc(Cl)nc2sccc12. The molecule has 2 aromatic heterocycles. The molecule has 0 bridgehead atoms. The normalized spacial score (nSPS) is 10.5. The second kappa shape index (κ2) is 2.85. The van der Waals surface area contributed by atoms with Gasteiger partial charge in [0.15, 0.2) is 5.82 Å². The smallest absolute Gasteiger partial charge is 0.225 e. The summed E-state index contributed by atoms with van der Waals surface area (Å²) in [5, 5.41) is 3.01. The molecular formula is C6H5ClN4S. The third-order valence-electron chi connectivity index (χ3n) is 1.43. The maximum absolute atomic E-state index is 5.65. The van der Waals surface area contributed by atoms with Gasteiger partial charge in [0, 0.05) is 0 Å². The first kappa shape index (κ1) is 7.72. The van der Waals surface area contributed by atoms with Crippen molar-refractivity contribution in [1.29, 1.82) is 0 Å². The summed E-state index contributed by atoms with van der Waals surface area (Å²) in [7, 11) is 0. The van der Waals surface area contributed by atoms with Crippen LogP contribution in [0.5, 0.6) is 0 Å².